The van der Waals surface area contributed by atoms with Crippen molar-refractivity contribution < 1.29 is 4.57 Å². The van der Waals surface area contributed by atoms with Gasteiger partial charge in [0.25, 0.3) is 7.29 Å². The smallest absolute Gasteiger partial charge is 0.269 e. The summed E-state index contributed by atoms with van der Waals surface area (Å²) >= 11 is 0. The number of nitrogens with zero attached hydrogens (tertiary/aromatic N) is 5. The Morgan fingerprint density at radius 2 is 0.679 bits per heavy atom. The first-order chi connectivity index (χ1) is 26.2. The molecule has 0 N–H and O–H groups in total. The number of fused-ring (bicyclic) bond motifs is 3. The van der Waals surface area contributed by atoms with Crippen LogP contribution in [0.25, 0.3) is 21.8 Å². The third kappa shape index (κ3) is 5.76. The fraction of sp³-hybridized carbons (Fsp3) is 0. The molecular weight excluding hydrogens is 670 g/mol. The van der Waals surface area contributed by atoms with Gasteiger partial charge in [-0.1, -0.05) is 121 Å². The predicted molar refractivity (Wildman–Crippen MR) is 220 cm³/mol. The molecule has 6 aromatic carbocycles. The van der Waals surface area contributed by atoms with Gasteiger partial charge >= 0.3 is 0 Å². The molecule has 9 rings (SSSR count). The Kier molecular flexibility index (Phi) is 8.35. The second-order valence-corrected chi connectivity index (χ2v) is 15.1. The molecule has 0 aliphatic rings. The van der Waals surface area contributed by atoms with Crippen LogP contribution in [-0.2, 0) is 4.57 Å². The minimum Gasteiger partial charge on any atom is -0.295 e. The van der Waals surface area contributed by atoms with E-state index in [1.54, 1.807) is 0 Å². The standard InChI is InChI=1S/C46H34N5OP/c52-53(51-41-29-15-13-27-39(41)40-28-14-16-30-42(40)51,45-33-17-31-43(47-45)49(35-19-5-1-6-20-35)36-21-7-2-8-22-36)46-34-18-32-44(48-46)50(37-23-9-3-10-24-37)38-25-11-4-12-26-38/h1-34H. The first-order valence-corrected chi connectivity index (χ1v) is 19.2. The topological polar surface area (TPSA) is 54.3 Å². The zero-order valence-electron chi connectivity index (χ0n) is 28.7. The molecule has 0 saturated heterocycles. The number of anilines is 6. The van der Waals surface area contributed by atoms with Crippen LogP contribution in [0.1, 0.15) is 0 Å². The first kappa shape index (κ1) is 32.2. The SMILES string of the molecule is O=P(c1cccc(N(c2ccccc2)c2ccccc2)n1)(c1cccc(N(c2ccccc2)c2ccccc2)n1)n1c2ccccc2c2ccccc21. The van der Waals surface area contributed by atoms with E-state index in [0.29, 0.717) is 22.5 Å². The Morgan fingerprint density at radius 1 is 0.358 bits per heavy atom. The Hall–Kier alpha value is -6.75. The molecule has 0 saturated carbocycles. The molecule has 0 aliphatic heterocycles. The van der Waals surface area contributed by atoms with Gasteiger partial charge in [-0.2, -0.15) is 0 Å². The molecule has 0 aliphatic carbocycles. The van der Waals surface area contributed by atoms with Crippen LogP contribution in [0.5, 0.6) is 0 Å². The number of aromatic nitrogens is 3. The number of pyridine rings is 2. The summed E-state index contributed by atoms with van der Waals surface area (Å²) < 4.78 is 18.8. The molecule has 3 aromatic heterocycles. The van der Waals surface area contributed by atoms with E-state index in [4.69, 9.17) is 9.97 Å². The highest BCUT2D eigenvalue weighted by Gasteiger charge is 2.37. The fourth-order valence-electron chi connectivity index (χ4n) is 7.07. The molecule has 0 unspecified atom stereocenters. The van der Waals surface area contributed by atoms with Crippen molar-refractivity contribution in [3.05, 3.63) is 206 Å². The van der Waals surface area contributed by atoms with Crippen molar-refractivity contribution in [1.29, 1.82) is 0 Å². The van der Waals surface area contributed by atoms with Gasteiger partial charge in [0.2, 0.25) is 0 Å². The molecule has 0 fully saturated rings. The van der Waals surface area contributed by atoms with Gasteiger partial charge in [0.05, 0.1) is 11.0 Å². The highest BCUT2D eigenvalue weighted by Crippen LogP contribution is 2.51. The van der Waals surface area contributed by atoms with Gasteiger partial charge in [0.15, 0.2) is 0 Å². The summed E-state index contributed by atoms with van der Waals surface area (Å²) in [6, 6.07) is 68.4. The van der Waals surface area contributed by atoms with E-state index in [0.717, 1.165) is 44.6 Å². The minimum absolute atomic E-state index is 0.425. The normalized spacial score (nSPS) is 11.5. The van der Waals surface area contributed by atoms with Gasteiger partial charge in [-0.25, -0.2) is 9.97 Å². The van der Waals surface area contributed by atoms with E-state index in [-0.39, 0.29) is 0 Å². The molecule has 53 heavy (non-hydrogen) atoms. The lowest BCUT2D eigenvalue weighted by molar-refractivity contribution is 0.582. The number of para-hydroxylation sites is 6. The zero-order valence-corrected chi connectivity index (χ0v) is 29.6. The maximum Gasteiger partial charge on any atom is 0.269 e. The summed E-state index contributed by atoms with van der Waals surface area (Å²) in [5.74, 6) is 1.29. The van der Waals surface area contributed by atoms with Gasteiger partial charge < -0.3 is 0 Å². The van der Waals surface area contributed by atoms with Gasteiger partial charge in [-0.05, 0) is 84.9 Å². The van der Waals surface area contributed by atoms with Gasteiger partial charge in [0.1, 0.15) is 22.5 Å². The van der Waals surface area contributed by atoms with Crippen molar-refractivity contribution in [2.75, 3.05) is 9.80 Å². The molecule has 0 spiro atoms. The van der Waals surface area contributed by atoms with Crippen molar-refractivity contribution in [2.24, 2.45) is 0 Å². The second kappa shape index (κ2) is 13.8. The average molecular weight is 704 g/mol. The van der Waals surface area contributed by atoms with E-state index in [1.165, 1.54) is 0 Å². The van der Waals surface area contributed by atoms with Crippen molar-refractivity contribution in [3.63, 3.8) is 0 Å². The summed E-state index contributed by atoms with van der Waals surface area (Å²) in [7, 11) is -3.88. The Balaban J connectivity index is 1.32. The molecule has 0 amide bonds. The largest absolute Gasteiger partial charge is 0.295 e. The van der Waals surface area contributed by atoms with Gasteiger partial charge in [-0.3, -0.25) is 18.7 Å². The predicted octanol–water partition coefficient (Wildman–Crippen LogP) is 11.3. The van der Waals surface area contributed by atoms with Crippen molar-refractivity contribution in [2.45, 2.75) is 0 Å². The van der Waals surface area contributed by atoms with E-state index in [2.05, 4.69) is 70.5 Å². The highest BCUT2D eigenvalue weighted by atomic mass is 31.2. The maximum absolute atomic E-state index is 16.8. The number of hydrogen-bond donors (Lipinski definition) is 0. The summed E-state index contributed by atoms with van der Waals surface area (Å²) in [6.07, 6.45) is 0. The number of benzene rings is 6. The van der Waals surface area contributed by atoms with Crippen LogP contribution >= 0.6 is 7.29 Å². The van der Waals surface area contributed by atoms with E-state index in [9.17, 15) is 0 Å². The molecule has 0 atom stereocenters. The average Bonchev–Trinajstić information content (AvgIpc) is 3.58. The van der Waals surface area contributed by atoms with E-state index < -0.39 is 7.29 Å². The van der Waals surface area contributed by atoms with Crippen molar-refractivity contribution in [3.8, 4) is 0 Å². The lowest BCUT2D eigenvalue weighted by Gasteiger charge is -2.28. The summed E-state index contributed by atoms with van der Waals surface area (Å²) in [5.41, 5.74) is 6.31. The third-order valence-corrected chi connectivity index (χ3v) is 12.1. The van der Waals surface area contributed by atoms with Crippen LogP contribution in [0.4, 0.5) is 34.4 Å². The fourth-order valence-corrected chi connectivity index (χ4v) is 9.73. The maximum atomic E-state index is 16.8. The van der Waals surface area contributed by atoms with E-state index >= 15 is 4.57 Å². The van der Waals surface area contributed by atoms with Crippen LogP contribution in [0.15, 0.2) is 206 Å². The van der Waals surface area contributed by atoms with Crippen LogP contribution in [0.3, 0.4) is 0 Å². The number of hydrogen-bond acceptors (Lipinski definition) is 5. The summed E-state index contributed by atoms with van der Waals surface area (Å²) in [5, 5.41) is 2.03. The van der Waals surface area contributed by atoms with Crippen molar-refractivity contribution >= 4 is 74.4 Å². The lowest BCUT2D eigenvalue weighted by Crippen LogP contribution is -2.28. The van der Waals surface area contributed by atoms with Crippen LogP contribution < -0.4 is 20.7 Å². The Labute approximate surface area is 308 Å². The quantitative estimate of drug-likeness (QED) is 0.140. The molecule has 254 valence electrons. The van der Waals surface area contributed by atoms with Crippen LogP contribution in [0.2, 0.25) is 0 Å². The summed E-state index contributed by atoms with van der Waals surface area (Å²) in [4.78, 5) is 14.8. The molecule has 7 heteroatoms. The van der Waals surface area contributed by atoms with Crippen LogP contribution in [-0.4, -0.2) is 14.3 Å². The summed E-state index contributed by atoms with van der Waals surface area (Å²) in [6.45, 7) is 0. The second-order valence-electron chi connectivity index (χ2n) is 12.6. The van der Waals surface area contributed by atoms with Gasteiger partial charge in [-0.15, -0.1) is 0 Å². The van der Waals surface area contributed by atoms with Crippen LogP contribution in [0, 0.1) is 0 Å². The van der Waals surface area contributed by atoms with Gasteiger partial charge in [0, 0.05) is 33.5 Å². The Bertz CT molecular complexity index is 2460. The molecular formula is C46H34N5OP. The highest BCUT2D eigenvalue weighted by molar-refractivity contribution is 7.77. The minimum atomic E-state index is -3.88. The van der Waals surface area contributed by atoms with Crippen molar-refractivity contribution in [1.82, 2.24) is 14.3 Å². The molecule has 6 nitrogen and oxygen atoms in total. The monoisotopic (exact) mass is 703 g/mol. The first-order valence-electron chi connectivity index (χ1n) is 17.5. The Morgan fingerprint density at radius 3 is 1.04 bits per heavy atom. The molecule has 0 radical (unpaired) electrons. The lowest BCUT2D eigenvalue weighted by atomic mass is 10.2. The molecule has 3 heterocycles. The van der Waals surface area contributed by atoms with E-state index in [1.807, 2.05) is 150 Å². The zero-order chi connectivity index (χ0) is 35.6. The molecule has 9 aromatic rings. The number of rotatable bonds is 9. The third-order valence-electron chi connectivity index (χ3n) is 9.41. The molecule has 0 bridgehead atoms.